The minimum Gasteiger partial charge on any atom is -0.393 e. The van der Waals surface area contributed by atoms with Crippen LogP contribution in [0.4, 0.5) is 0 Å². The van der Waals surface area contributed by atoms with Crippen LogP contribution < -0.4 is 0 Å². The lowest BCUT2D eigenvalue weighted by Gasteiger charge is -2.39. The van der Waals surface area contributed by atoms with Crippen LogP contribution in [0.3, 0.4) is 0 Å². The predicted molar refractivity (Wildman–Crippen MR) is 184 cm³/mol. The van der Waals surface area contributed by atoms with E-state index in [4.69, 9.17) is 4.74 Å². The summed E-state index contributed by atoms with van der Waals surface area (Å²) in [6.07, 6.45) is 33.5. The number of hydrogen-bond donors (Lipinski definition) is 2. The lowest BCUT2D eigenvalue weighted by Crippen LogP contribution is -2.46. The summed E-state index contributed by atoms with van der Waals surface area (Å²) in [7, 11) is 0. The lowest BCUT2D eigenvalue weighted by molar-refractivity contribution is 0.0515. The smallest absolute Gasteiger partial charge is 0.121 e. The normalized spacial score (nSPS) is 33.8. The van der Waals surface area contributed by atoms with Gasteiger partial charge < -0.3 is 14.9 Å². The van der Waals surface area contributed by atoms with Crippen molar-refractivity contribution in [2.45, 2.75) is 112 Å². The molecule has 43 heavy (non-hydrogen) atoms. The van der Waals surface area contributed by atoms with Gasteiger partial charge in [-0.15, -0.1) is 0 Å². The molecular formula is C40H56O3. The van der Waals surface area contributed by atoms with E-state index in [1.807, 2.05) is 6.08 Å². The molecule has 1 saturated carbocycles. The molecule has 0 aromatic heterocycles. The summed E-state index contributed by atoms with van der Waals surface area (Å²) in [5, 5.41) is 20.3. The summed E-state index contributed by atoms with van der Waals surface area (Å²) < 4.78 is 6.25. The maximum atomic E-state index is 10.2. The Morgan fingerprint density at radius 1 is 0.721 bits per heavy atom. The summed E-state index contributed by atoms with van der Waals surface area (Å²) in [6, 6.07) is 0. The number of aliphatic hydroxyl groups is 2. The SMILES string of the molecule is CC1=C[C@H](O)CC(C)(C)[C@H]1/C=C/C(C)=C\C=C\C(C)=C/C=C/C=C(C)\C=C\C=C(C)\C=C\[C@@]12O[C@]1(C)C[C@H](O)CC2(C)C. The maximum absolute atomic E-state index is 10.2. The third kappa shape index (κ3) is 8.91. The van der Waals surface area contributed by atoms with E-state index in [-0.39, 0.29) is 34.2 Å². The van der Waals surface area contributed by atoms with Gasteiger partial charge in [-0.25, -0.2) is 0 Å². The molecule has 0 unspecified atom stereocenters. The number of rotatable bonds is 10. The molecule has 0 bridgehead atoms. The van der Waals surface area contributed by atoms with Gasteiger partial charge in [-0.3, -0.25) is 0 Å². The van der Waals surface area contributed by atoms with Crippen LogP contribution in [0.2, 0.25) is 0 Å². The first-order chi connectivity index (χ1) is 20.0. The molecule has 234 valence electrons. The Hall–Kier alpha value is -2.72. The van der Waals surface area contributed by atoms with E-state index < -0.39 is 0 Å². The topological polar surface area (TPSA) is 53.0 Å². The van der Waals surface area contributed by atoms with Gasteiger partial charge in [-0.05, 0) is 65.9 Å². The van der Waals surface area contributed by atoms with E-state index in [1.165, 1.54) is 27.9 Å². The average molecular weight is 585 g/mol. The summed E-state index contributed by atoms with van der Waals surface area (Å²) in [5.74, 6) is 0.345. The molecule has 3 rings (SSSR count). The summed E-state index contributed by atoms with van der Waals surface area (Å²) >= 11 is 0. The van der Waals surface area contributed by atoms with Crippen molar-refractivity contribution < 1.29 is 14.9 Å². The number of allylic oxidation sites excluding steroid dienone is 18. The standard InChI is InChI=1S/C40H56O3/c1-29(17-13-19-31(3)21-22-36-33(5)25-34(41)26-37(36,6)7)15-11-12-16-30(2)18-14-20-32(4)23-24-40-38(8,9)27-35(42)28-39(40,10)43-40/h11-25,34-36,41-42H,26-28H2,1-10H3/b12-11+,17-13+,18-14+,22-21+,24-23+,29-15-,30-16-,31-19-,32-20+/t34-,35+,36-,39+,40-/m0/s1. The molecular weight excluding hydrogens is 528 g/mol. The molecule has 0 spiro atoms. The van der Waals surface area contributed by atoms with Crippen LogP contribution in [-0.4, -0.2) is 33.6 Å². The van der Waals surface area contributed by atoms with Crippen molar-refractivity contribution in [2.24, 2.45) is 16.7 Å². The highest BCUT2D eigenvalue weighted by Gasteiger charge is 2.74. The number of ether oxygens (including phenoxy) is 1. The molecule has 5 atom stereocenters. The third-order valence-corrected chi connectivity index (χ3v) is 9.43. The van der Waals surface area contributed by atoms with Gasteiger partial charge in [0, 0.05) is 17.8 Å². The van der Waals surface area contributed by atoms with Gasteiger partial charge in [0.05, 0.1) is 12.2 Å². The highest BCUT2D eigenvalue weighted by atomic mass is 16.6. The summed E-state index contributed by atoms with van der Waals surface area (Å²) in [4.78, 5) is 0. The fraction of sp³-hybridized carbons (Fsp3) is 0.500. The minimum absolute atomic E-state index is 0.0547. The second kappa shape index (κ2) is 13.9. The average Bonchev–Trinajstić information content (AvgIpc) is 3.49. The zero-order valence-corrected chi connectivity index (χ0v) is 28.3. The molecule has 0 amide bonds. The van der Waals surface area contributed by atoms with Crippen molar-refractivity contribution in [1.29, 1.82) is 0 Å². The van der Waals surface area contributed by atoms with Crippen LogP contribution in [0, 0.1) is 16.7 Å². The number of hydrogen-bond acceptors (Lipinski definition) is 3. The first kappa shape index (κ1) is 34.8. The highest BCUT2D eigenvalue weighted by molar-refractivity contribution is 5.37. The molecule has 0 aromatic rings. The van der Waals surface area contributed by atoms with E-state index in [1.54, 1.807) is 0 Å². The van der Waals surface area contributed by atoms with Crippen LogP contribution in [0.25, 0.3) is 0 Å². The van der Waals surface area contributed by atoms with Crippen molar-refractivity contribution in [3.05, 3.63) is 119 Å². The second-order valence-corrected chi connectivity index (χ2v) is 14.6. The molecule has 1 aliphatic heterocycles. The summed E-state index contributed by atoms with van der Waals surface area (Å²) in [5.41, 5.74) is 5.38. The van der Waals surface area contributed by atoms with Gasteiger partial charge in [0.2, 0.25) is 0 Å². The first-order valence-electron chi connectivity index (χ1n) is 15.8. The van der Waals surface area contributed by atoms with Gasteiger partial charge in [-0.1, -0.05) is 141 Å². The first-order valence-corrected chi connectivity index (χ1v) is 15.8. The largest absolute Gasteiger partial charge is 0.393 e. The number of fused-ring (bicyclic) bond motifs is 1. The van der Waals surface area contributed by atoms with Crippen LogP contribution >= 0.6 is 0 Å². The Morgan fingerprint density at radius 2 is 1.23 bits per heavy atom. The van der Waals surface area contributed by atoms with Gasteiger partial charge in [-0.2, -0.15) is 0 Å². The molecule has 0 radical (unpaired) electrons. The van der Waals surface area contributed by atoms with Gasteiger partial charge >= 0.3 is 0 Å². The van der Waals surface area contributed by atoms with Gasteiger partial charge in [0.25, 0.3) is 0 Å². The lowest BCUT2D eigenvalue weighted by atomic mass is 9.63. The quantitative estimate of drug-likeness (QED) is 0.153. The van der Waals surface area contributed by atoms with Crippen molar-refractivity contribution in [3.63, 3.8) is 0 Å². The van der Waals surface area contributed by atoms with E-state index in [2.05, 4.69) is 154 Å². The Labute approximate surface area is 262 Å². The van der Waals surface area contributed by atoms with Crippen LogP contribution in [0.5, 0.6) is 0 Å². The van der Waals surface area contributed by atoms with Crippen molar-refractivity contribution in [3.8, 4) is 0 Å². The highest BCUT2D eigenvalue weighted by Crippen LogP contribution is 2.66. The van der Waals surface area contributed by atoms with E-state index >= 15 is 0 Å². The molecule has 1 heterocycles. The van der Waals surface area contributed by atoms with E-state index in [9.17, 15) is 10.2 Å². The Bertz CT molecular complexity index is 1320. The zero-order valence-electron chi connectivity index (χ0n) is 28.3. The number of aliphatic hydroxyl groups excluding tert-OH is 2. The van der Waals surface area contributed by atoms with Crippen molar-refractivity contribution in [2.75, 3.05) is 0 Å². The van der Waals surface area contributed by atoms with Crippen LogP contribution in [0.1, 0.15) is 88.5 Å². The molecule has 1 saturated heterocycles. The zero-order chi connectivity index (χ0) is 32.1. The fourth-order valence-corrected chi connectivity index (χ4v) is 7.07. The fourth-order valence-electron chi connectivity index (χ4n) is 7.07. The maximum Gasteiger partial charge on any atom is 0.121 e. The molecule has 2 aliphatic carbocycles. The molecule has 2 fully saturated rings. The third-order valence-electron chi connectivity index (χ3n) is 9.43. The Morgan fingerprint density at radius 3 is 1.77 bits per heavy atom. The minimum atomic E-state index is -0.333. The van der Waals surface area contributed by atoms with E-state index in [0.29, 0.717) is 12.3 Å². The summed E-state index contributed by atoms with van der Waals surface area (Å²) in [6.45, 7) is 21.5. The molecule has 2 N–H and O–H groups in total. The molecule has 0 aromatic carbocycles. The molecule has 3 nitrogen and oxygen atoms in total. The van der Waals surface area contributed by atoms with Gasteiger partial charge in [0.1, 0.15) is 11.2 Å². The molecule has 3 aliphatic rings. The predicted octanol–water partition coefficient (Wildman–Crippen LogP) is 9.61. The molecule has 3 heteroatoms. The van der Waals surface area contributed by atoms with Crippen molar-refractivity contribution in [1.82, 2.24) is 0 Å². The van der Waals surface area contributed by atoms with Crippen LogP contribution in [0.15, 0.2) is 119 Å². The van der Waals surface area contributed by atoms with E-state index in [0.717, 1.165) is 12.8 Å². The Balaban J connectivity index is 1.49. The second-order valence-electron chi connectivity index (χ2n) is 14.6. The monoisotopic (exact) mass is 584 g/mol. The number of epoxide rings is 1. The Kier molecular flexibility index (Phi) is 11.3. The van der Waals surface area contributed by atoms with Crippen molar-refractivity contribution >= 4 is 0 Å². The van der Waals surface area contributed by atoms with Crippen LogP contribution in [-0.2, 0) is 4.74 Å². The van der Waals surface area contributed by atoms with Gasteiger partial charge in [0.15, 0.2) is 0 Å².